The van der Waals surface area contributed by atoms with Gasteiger partial charge in [-0.2, -0.15) is 0 Å². The molecule has 0 saturated heterocycles. The normalized spacial score (nSPS) is 10.1. The molecule has 0 bridgehead atoms. The SMILES string of the molecule is CSc1ccc(COC(=O)Nc2cccc(Cl)c2)cc1. The van der Waals surface area contributed by atoms with E-state index in [0.717, 1.165) is 5.56 Å². The van der Waals surface area contributed by atoms with E-state index in [1.807, 2.05) is 30.5 Å². The number of amides is 1. The van der Waals surface area contributed by atoms with Gasteiger partial charge in [-0.25, -0.2) is 4.79 Å². The molecule has 0 spiro atoms. The van der Waals surface area contributed by atoms with Crippen molar-refractivity contribution in [2.75, 3.05) is 11.6 Å². The lowest BCUT2D eigenvalue weighted by molar-refractivity contribution is 0.155. The molecular formula is C15H14ClNO2S. The Hall–Kier alpha value is -1.65. The number of hydrogen-bond acceptors (Lipinski definition) is 3. The predicted molar refractivity (Wildman–Crippen MR) is 83.5 cm³/mol. The Morgan fingerprint density at radius 1 is 1.25 bits per heavy atom. The van der Waals surface area contributed by atoms with Crippen molar-refractivity contribution >= 4 is 35.1 Å². The summed E-state index contributed by atoms with van der Waals surface area (Å²) in [5.74, 6) is 0. The summed E-state index contributed by atoms with van der Waals surface area (Å²) in [6, 6.07) is 14.8. The largest absolute Gasteiger partial charge is 0.444 e. The van der Waals surface area contributed by atoms with Crippen LogP contribution in [-0.2, 0) is 11.3 Å². The zero-order valence-electron chi connectivity index (χ0n) is 10.9. The third-order valence-corrected chi connectivity index (χ3v) is 3.58. The van der Waals surface area contributed by atoms with Crippen LogP contribution in [0.4, 0.5) is 10.5 Å². The van der Waals surface area contributed by atoms with Crippen molar-refractivity contribution in [1.29, 1.82) is 0 Å². The van der Waals surface area contributed by atoms with E-state index in [1.165, 1.54) is 4.90 Å². The summed E-state index contributed by atoms with van der Waals surface area (Å²) in [5.41, 5.74) is 1.56. The monoisotopic (exact) mass is 307 g/mol. The van der Waals surface area contributed by atoms with E-state index in [9.17, 15) is 4.79 Å². The molecule has 3 nitrogen and oxygen atoms in total. The van der Waals surface area contributed by atoms with E-state index in [0.29, 0.717) is 10.7 Å². The molecule has 2 aromatic carbocycles. The average molecular weight is 308 g/mol. The van der Waals surface area contributed by atoms with Crippen LogP contribution in [0.1, 0.15) is 5.56 Å². The third kappa shape index (κ3) is 4.47. The standard InChI is InChI=1S/C15H14ClNO2S/c1-20-14-7-5-11(6-8-14)10-19-15(18)17-13-4-2-3-12(16)9-13/h2-9H,10H2,1H3,(H,17,18). The summed E-state index contributed by atoms with van der Waals surface area (Å²) in [4.78, 5) is 12.8. The number of hydrogen-bond donors (Lipinski definition) is 1. The van der Waals surface area contributed by atoms with Crippen molar-refractivity contribution in [2.24, 2.45) is 0 Å². The van der Waals surface area contributed by atoms with Crippen LogP contribution < -0.4 is 5.32 Å². The first-order chi connectivity index (χ1) is 9.67. The highest BCUT2D eigenvalue weighted by Crippen LogP contribution is 2.16. The van der Waals surface area contributed by atoms with Gasteiger partial charge < -0.3 is 4.74 Å². The lowest BCUT2D eigenvalue weighted by Crippen LogP contribution is -2.13. The highest BCUT2D eigenvalue weighted by molar-refractivity contribution is 7.98. The number of rotatable bonds is 4. The molecule has 0 saturated carbocycles. The summed E-state index contributed by atoms with van der Waals surface area (Å²) >= 11 is 7.51. The summed E-state index contributed by atoms with van der Waals surface area (Å²) in [5, 5.41) is 3.19. The molecule has 1 amide bonds. The Kier molecular flexibility index (Phi) is 5.32. The van der Waals surface area contributed by atoms with Gasteiger partial charge in [0.1, 0.15) is 6.61 Å². The molecule has 0 aliphatic heterocycles. The van der Waals surface area contributed by atoms with Crippen LogP contribution in [-0.4, -0.2) is 12.3 Å². The number of nitrogens with one attached hydrogen (secondary N) is 1. The minimum Gasteiger partial charge on any atom is -0.444 e. The topological polar surface area (TPSA) is 38.3 Å². The van der Waals surface area contributed by atoms with Crippen LogP contribution in [0.25, 0.3) is 0 Å². The summed E-state index contributed by atoms with van der Waals surface area (Å²) in [6.45, 7) is 0.237. The average Bonchev–Trinajstić information content (AvgIpc) is 2.46. The summed E-state index contributed by atoms with van der Waals surface area (Å²) in [7, 11) is 0. The van der Waals surface area contributed by atoms with Crippen molar-refractivity contribution < 1.29 is 9.53 Å². The lowest BCUT2D eigenvalue weighted by Gasteiger charge is -2.07. The first-order valence-electron chi connectivity index (χ1n) is 5.99. The Bertz CT molecular complexity index is 587. The highest BCUT2D eigenvalue weighted by atomic mass is 35.5. The maximum absolute atomic E-state index is 11.6. The molecule has 0 aromatic heterocycles. The van der Waals surface area contributed by atoms with Gasteiger partial charge >= 0.3 is 6.09 Å². The number of halogens is 1. The summed E-state index contributed by atoms with van der Waals surface area (Å²) in [6.07, 6.45) is 1.52. The number of ether oxygens (including phenoxy) is 1. The molecule has 2 rings (SSSR count). The number of carbonyl (C=O) groups excluding carboxylic acids is 1. The van der Waals surface area contributed by atoms with Crippen LogP contribution in [0.2, 0.25) is 5.02 Å². The summed E-state index contributed by atoms with van der Waals surface area (Å²) < 4.78 is 5.15. The molecule has 0 aliphatic rings. The van der Waals surface area contributed by atoms with Crippen molar-refractivity contribution in [2.45, 2.75) is 11.5 Å². The first kappa shape index (κ1) is 14.8. The molecule has 0 heterocycles. The van der Waals surface area contributed by atoms with Gasteiger partial charge in [-0.05, 0) is 42.2 Å². The zero-order chi connectivity index (χ0) is 14.4. The van der Waals surface area contributed by atoms with Gasteiger partial charge in [0.15, 0.2) is 0 Å². The smallest absolute Gasteiger partial charge is 0.411 e. The maximum atomic E-state index is 11.6. The highest BCUT2D eigenvalue weighted by Gasteiger charge is 2.04. The van der Waals surface area contributed by atoms with Gasteiger partial charge in [0, 0.05) is 15.6 Å². The molecule has 0 unspecified atom stereocenters. The van der Waals surface area contributed by atoms with Crippen molar-refractivity contribution in [1.82, 2.24) is 0 Å². The first-order valence-corrected chi connectivity index (χ1v) is 7.60. The van der Waals surface area contributed by atoms with E-state index in [-0.39, 0.29) is 6.61 Å². The fraction of sp³-hybridized carbons (Fsp3) is 0.133. The molecule has 1 N–H and O–H groups in total. The van der Waals surface area contributed by atoms with Crippen LogP contribution in [0.5, 0.6) is 0 Å². The Labute approximate surface area is 127 Å². The lowest BCUT2D eigenvalue weighted by atomic mass is 10.2. The minimum absolute atomic E-state index is 0.237. The zero-order valence-corrected chi connectivity index (χ0v) is 12.5. The second-order valence-electron chi connectivity index (χ2n) is 4.06. The van der Waals surface area contributed by atoms with Crippen molar-refractivity contribution in [3.63, 3.8) is 0 Å². The van der Waals surface area contributed by atoms with Gasteiger partial charge in [-0.1, -0.05) is 29.8 Å². The fourth-order valence-electron chi connectivity index (χ4n) is 1.59. The number of anilines is 1. The van der Waals surface area contributed by atoms with Crippen LogP contribution in [0.3, 0.4) is 0 Å². The maximum Gasteiger partial charge on any atom is 0.411 e. The van der Waals surface area contributed by atoms with Gasteiger partial charge in [-0.3, -0.25) is 5.32 Å². The van der Waals surface area contributed by atoms with E-state index in [1.54, 1.807) is 36.0 Å². The molecular weight excluding hydrogens is 294 g/mol. The molecule has 5 heteroatoms. The number of thioether (sulfide) groups is 1. The third-order valence-electron chi connectivity index (χ3n) is 2.60. The Morgan fingerprint density at radius 2 is 2.00 bits per heavy atom. The Morgan fingerprint density at radius 3 is 2.65 bits per heavy atom. The fourth-order valence-corrected chi connectivity index (χ4v) is 2.19. The molecule has 2 aromatic rings. The van der Waals surface area contributed by atoms with E-state index >= 15 is 0 Å². The quantitative estimate of drug-likeness (QED) is 0.824. The second kappa shape index (κ2) is 7.22. The minimum atomic E-state index is -0.499. The van der Waals surface area contributed by atoms with Gasteiger partial charge in [-0.15, -0.1) is 11.8 Å². The molecule has 0 radical (unpaired) electrons. The van der Waals surface area contributed by atoms with Crippen molar-refractivity contribution in [3.05, 3.63) is 59.1 Å². The molecule has 0 fully saturated rings. The van der Waals surface area contributed by atoms with Crippen molar-refractivity contribution in [3.8, 4) is 0 Å². The van der Waals surface area contributed by atoms with Crippen LogP contribution in [0.15, 0.2) is 53.4 Å². The van der Waals surface area contributed by atoms with E-state index in [4.69, 9.17) is 16.3 Å². The molecule has 20 heavy (non-hydrogen) atoms. The van der Waals surface area contributed by atoms with Gasteiger partial charge in [0.2, 0.25) is 0 Å². The van der Waals surface area contributed by atoms with Crippen LogP contribution in [0, 0.1) is 0 Å². The predicted octanol–water partition coefficient (Wildman–Crippen LogP) is 4.81. The number of benzene rings is 2. The second-order valence-corrected chi connectivity index (χ2v) is 5.38. The van der Waals surface area contributed by atoms with E-state index < -0.39 is 6.09 Å². The van der Waals surface area contributed by atoms with Crippen LogP contribution >= 0.6 is 23.4 Å². The number of carbonyl (C=O) groups is 1. The molecule has 104 valence electrons. The van der Waals surface area contributed by atoms with E-state index in [2.05, 4.69) is 5.32 Å². The molecule has 0 atom stereocenters. The van der Waals surface area contributed by atoms with Gasteiger partial charge in [0.25, 0.3) is 0 Å². The molecule has 0 aliphatic carbocycles. The Balaban J connectivity index is 1.85. The van der Waals surface area contributed by atoms with Gasteiger partial charge in [0.05, 0.1) is 0 Å².